The summed E-state index contributed by atoms with van der Waals surface area (Å²) in [4.78, 5) is 0. The number of hydrogen-bond donors (Lipinski definition) is 1. The van der Waals surface area contributed by atoms with Gasteiger partial charge in [-0.1, -0.05) is 20.3 Å². The van der Waals surface area contributed by atoms with E-state index in [9.17, 15) is 8.42 Å². The van der Waals surface area contributed by atoms with Crippen LogP contribution in [-0.2, 0) is 9.84 Å². The van der Waals surface area contributed by atoms with Gasteiger partial charge < -0.3 is 5.32 Å². The number of sulfone groups is 1. The summed E-state index contributed by atoms with van der Waals surface area (Å²) in [6.45, 7) is 4.82. The minimum atomic E-state index is -2.84. The molecular formula is C10H21NO2S. The third kappa shape index (κ3) is 2.70. The van der Waals surface area contributed by atoms with Crippen LogP contribution < -0.4 is 5.32 Å². The van der Waals surface area contributed by atoms with Crippen LogP contribution in [0.15, 0.2) is 0 Å². The molecule has 2 atom stereocenters. The Hall–Kier alpha value is -0.0900. The summed E-state index contributed by atoms with van der Waals surface area (Å²) in [5, 5.41) is 3.16. The Labute approximate surface area is 87.2 Å². The predicted molar refractivity (Wildman–Crippen MR) is 59.2 cm³/mol. The highest BCUT2D eigenvalue weighted by Crippen LogP contribution is 2.26. The van der Waals surface area contributed by atoms with Gasteiger partial charge in [0.25, 0.3) is 0 Å². The molecule has 14 heavy (non-hydrogen) atoms. The second-order valence-electron chi connectivity index (χ2n) is 4.00. The lowest BCUT2D eigenvalue weighted by Gasteiger charge is -2.20. The van der Waals surface area contributed by atoms with Gasteiger partial charge in [0.15, 0.2) is 9.84 Å². The summed E-state index contributed by atoms with van der Waals surface area (Å²) in [5.74, 6) is 0.347. The van der Waals surface area contributed by atoms with Crippen molar-refractivity contribution in [3.8, 4) is 0 Å². The Balaban J connectivity index is 2.66. The molecule has 4 heteroatoms. The molecule has 0 aromatic carbocycles. The highest BCUT2D eigenvalue weighted by atomic mass is 32.2. The van der Waals surface area contributed by atoms with Gasteiger partial charge in [0.2, 0.25) is 0 Å². The van der Waals surface area contributed by atoms with Crippen molar-refractivity contribution < 1.29 is 8.42 Å². The third-order valence-electron chi connectivity index (χ3n) is 2.87. The monoisotopic (exact) mass is 219 g/mol. The molecule has 0 aliphatic heterocycles. The van der Waals surface area contributed by atoms with Crippen molar-refractivity contribution in [2.24, 2.45) is 0 Å². The van der Waals surface area contributed by atoms with E-state index in [0.29, 0.717) is 5.75 Å². The summed E-state index contributed by atoms with van der Waals surface area (Å²) >= 11 is 0. The number of hydrogen-bond acceptors (Lipinski definition) is 3. The third-order valence-corrected chi connectivity index (χ3v) is 5.33. The maximum absolute atomic E-state index is 11.9. The SMILES string of the molecule is CCCS(=O)(=O)C1CCCC1NCC. The van der Waals surface area contributed by atoms with Crippen LogP contribution in [0.3, 0.4) is 0 Å². The normalized spacial score (nSPS) is 28.1. The zero-order chi connectivity index (χ0) is 10.6. The van der Waals surface area contributed by atoms with Gasteiger partial charge in [-0.2, -0.15) is 0 Å². The molecule has 0 saturated heterocycles. The molecule has 0 bridgehead atoms. The zero-order valence-corrected chi connectivity index (χ0v) is 9.94. The van der Waals surface area contributed by atoms with Crippen molar-refractivity contribution >= 4 is 9.84 Å². The average Bonchev–Trinajstić information content (AvgIpc) is 2.53. The standard InChI is InChI=1S/C10H21NO2S/c1-3-8-14(12,13)10-7-5-6-9(10)11-4-2/h9-11H,3-8H2,1-2H3. The van der Waals surface area contributed by atoms with Gasteiger partial charge in [-0.25, -0.2) is 8.42 Å². The summed E-state index contributed by atoms with van der Waals surface area (Å²) in [6.07, 6.45) is 3.64. The lowest BCUT2D eigenvalue weighted by atomic mass is 10.2. The molecule has 0 spiro atoms. The van der Waals surface area contributed by atoms with E-state index in [0.717, 1.165) is 32.2 Å². The van der Waals surface area contributed by atoms with Crippen molar-refractivity contribution in [3.63, 3.8) is 0 Å². The molecule has 0 aromatic heterocycles. The van der Waals surface area contributed by atoms with Gasteiger partial charge in [-0.3, -0.25) is 0 Å². The molecule has 1 aliphatic rings. The molecule has 2 unspecified atom stereocenters. The molecule has 1 saturated carbocycles. The van der Waals surface area contributed by atoms with Crippen molar-refractivity contribution in [2.45, 2.75) is 50.8 Å². The van der Waals surface area contributed by atoms with E-state index in [4.69, 9.17) is 0 Å². The fourth-order valence-corrected chi connectivity index (χ4v) is 4.42. The maximum atomic E-state index is 11.9. The van der Waals surface area contributed by atoms with Crippen molar-refractivity contribution in [1.82, 2.24) is 5.32 Å². The Morgan fingerprint density at radius 2 is 2.00 bits per heavy atom. The van der Waals surface area contributed by atoms with Gasteiger partial charge in [0, 0.05) is 6.04 Å². The number of nitrogens with one attached hydrogen (secondary N) is 1. The van der Waals surface area contributed by atoms with Gasteiger partial charge in [0.1, 0.15) is 0 Å². The summed E-state index contributed by atoms with van der Waals surface area (Å²) in [5.41, 5.74) is 0. The molecule has 0 heterocycles. The highest BCUT2D eigenvalue weighted by molar-refractivity contribution is 7.92. The van der Waals surface area contributed by atoms with Crippen LogP contribution in [0, 0.1) is 0 Å². The van der Waals surface area contributed by atoms with E-state index in [2.05, 4.69) is 5.32 Å². The molecule has 84 valence electrons. The summed E-state index contributed by atoms with van der Waals surface area (Å²) in [6, 6.07) is 0.205. The van der Waals surface area contributed by atoms with Crippen molar-refractivity contribution in [3.05, 3.63) is 0 Å². The first-order valence-electron chi connectivity index (χ1n) is 5.56. The van der Waals surface area contributed by atoms with Crippen LogP contribution >= 0.6 is 0 Å². The average molecular weight is 219 g/mol. The van der Waals surface area contributed by atoms with Crippen LogP contribution in [0.1, 0.15) is 39.5 Å². The lowest BCUT2D eigenvalue weighted by molar-refractivity contribution is 0.517. The molecule has 1 N–H and O–H groups in total. The van der Waals surface area contributed by atoms with E-state index in [1.54, 1.807) is 0 Å². The van der Waals surface area contributed by atoms with E-state index in [1.165, 1.54) is 0 Å². The molecule has 1 rings (SSSR count). The molecule has 1 aliphatic carbocycles. The van der Waals surface area contributed by atoms with Crippen molar-refractivity contribution in [2.75, 3.05) is 12.3 Å². The Morgan fingerprint density at radius 3 is 2.57 bits per heavy atom. The van der Waals surface area contributed by atoms with E-state index in [1.807, 2.05) is 13.8 Å². The van der Waals surface area contributed by atoms with Crippen LogP contribution in [0.4, 0.5) is 0 Å². The molecule has 0 aromatic rings. The Morgan fingerprint density at radius 1 is 1.29 bits per heavy atom. The van der Waals surface area contributed by atoms with Gasteiger partial charge >= 0.3 is 0 Å². The molecule has 0 radical (unpaired) electrons. The van der Waals surface area contributed by atoms with E-state index < -0.39 is 9.84 Å². The molecule has 3 nitrogen and oxygen atoms in total. The second kappa shape index (κ2) is 5.12. The Kier molecular flexibility index (Phi) is 4.38. The van der Waals surface area contributed by atoms with Gasteiger partial charge in [0.05, 0.1) is 11.0 Å². The zero-order valence-electron chi connectivity index (χ0n) is 9.12. The van der Waals surface area contributed by atoms with Crippen molar-refractivity contribution in [1.29, 1.82) is 0 Å². The fraction of sp³-hybridized carbons (Fsp3) is 1.00. The quantitative estimate of drug-likeness (QED) is 0.759. The summed E-state index contributed by atoms with van der Waals surface area (Å²) in [7, 11) is -2.84. The molecule has 1 fully saturated rings. The second-order valence-corrected chi connectivity index (χ2v) is 6.34. The maximum Gasteiger partial charge on any atom is 0.154 e. The minimum absolute atomic E-state index is 0.123. The number of rotatable bonds is 5. The smallest absolute Gasteiger partial charge is 0.154 e. The lowest BCUT2D eigenvalue weighted by Crippen LogP contribution is -2.41. The van der Waals surface area contributed by atoms with Gasteiger partial charge in [-0.05, 0) is 25.8 Å². The topological polar surface area (TPSA) is 46.2 Å². The first-order chi connectivity index (χ1) is 6.61. The van der Waals surface area contributed by atoms with Crippen LogP contribution in [0.25, 0.3) is 0 Å². The minimum Gasteiger partial charge on any atom is -0.313 e. The van der Waals surface area contributed by atoms with Crippen LogP contribution in [0.5, 0.6) is 0 Å². The van der Waals surface area contributed by atoms with Crippen LogP contribution in [0.2, 0.25) is 0 Å². The van der Waals surface area contributed by atoms with Gasteiger partial charge in [-0.15, -0.1) is 0 Å². The van der Waals surface area contributed by atoms with E-state index in [-0.39, 0.29) is 11.3 Å². The first-order valence-corrected chi connectivity index (χ1v) is 7.28. The largest absolute Gasteiger partial charge is 0.313 e. The van der Waals surface area contributed by atoms with Crippen LogP contribution in [-0.4, -0.2) is 32.0 Å². The highest BCUT2D eigenvalue weighted by Gasteiger charge is 2.35. The summed E-state index contributed by atoms with van der Waals surface area (Å²) < 4.78 is 23.8. The molecular weight excluding hydrogens is 198 g/mol. The first kappa shape index (κ1) is 12.0. The Bertz CT molecular complexity index is 261. The fourth-order valence-electron chi connectivity index (χ4n) is 2.29. The van der Waals surface area contributed by atoms with E-state index >= 15 is 0 Å². The molecule has 0 amide bonds. The predicted octanol–water partition coefficient (Wildman–Crippen LogP) is 1.34.